The fraction of sp³-hybridized carbons (Fsp3) is 0.647. The molecule has 1 heterocycles. The molecule has 0 aliphatic heterocycles. The van der Waals surface area contributed by atoms with E-state index in [1.807, 2.05) is 19.1 Å². The third-order valence-corrected chi connectivity index (χ3v) is 5.02. The van der Waals surface area contributed by atoms with Gasteiger partial charge in [0.2, 0.25) is 5.91 Å². The van der Waals surface area contributed by atoms with Crippen LogP contribution in [0.5, 0.6) is 0 Å². The number of aliphatic carboxylic acids is 1. The topological polar surface area (TPSA) is 124 Å². The van der Waals surface area contributed by atoms with E-state index in [0.29, 0.717) is 32.4 Å². The number of aliphatic hydroxyl groups excluding tert-OH is 2. The summed E-state index contributed by atoms with van der Waals surface area (Å²) >= 11 is 1.67. The van der Waals surface area contributed by atoms with Gasteiger partial charge in [0.15, 0.2) is 0 Å². The van der Waals surface area contributed by atoms with E-state index in [4.69, 9.17) is 15.6 Å². The van der Waals surface area contributed by atoms with Crippen LogP contribution < -0.4 is 5.73 Å². The second-order valence-corrected chi connectivity index (χ2v) is 7.63. The Hall–Kier alpha value is -1.48. The number of rotatable bonds is 5. The van der Waals surface area contributed by atoms with Crippen LogP contribution in [0.2, 0.25) is 0 Å². The largest absolute Gasteiger partial charge is 0.481 e. The van der Waals surface area contributed by atoms with Crippen molar-refractivity contribution in [2.75, 3.05) is 13.2 Å². The zero-order chi connectivity index (χ0) is 19.0. The summed E-state index contributed by atoms with van der Waals surface area (Å²) in [4.78, 5) is 25.7. The van der Waals surface area contributed by atoms with Crippen molar-refractivity contribution in [3.8, 4) is 0 Å². The first-order valence-corrected chi connectivity index (χ1v) is 9.14. The highest BCUT2D eigenvalue weighted by molar-refractivity contribution is 7.11. The van der Waals surface area contributed by atoms with Crippen LogP contribution in [0.4, 0.5) is 0 Å². The molecule has 1 fully saturated rings. The number of aliphatic hydroxyl groups is 2. The minimum Gasteiger partial charge on any atom is -0.481 e. The number of nitrogens with two attached hydrogens (primary N) is 1. The number of carboxylic acid groups (broad SMARTS) is 1. The van der Waals surface area contributed by atoms with Crippen molar-refractivity contribution < 1.29 is 24.9 Å². The molecule has 1 aromatic rings. The number of carboxylic acids is 1. The van der Waals surface area contributed by atoms with Gasteiger partial charge in [-0.25, -0.2) is 0 Å². The molecular formula is C17H28N2O5S. The van der Waals surface area contributed by atoms with Gasteiger partial charge in [-0.3, -0.25) is 9.59 Å². The second kappa shape index (κ2) is 10.5. The Morgan fingerprint density at radius 3 is 2.48 bits per heavy atom. The molecule has 0 unspecified atom stereocenters. The standard InChI is InChI=1S/C15H24N2O3S.C2H4O2/c1-10-2-4-12(21-10)9-17(6-7-18)15(20)11-3-5-14(19)13(16)8-11;1-2(3)4/h2,4,11,13-14,18-19H,3,5-9,16H2,1H3;1H3,(H,3,4)/t11-,13+,14+;/m0./s1. The quantitative estimate of drug-likeness (QED) is 0.610. The van der Waals surface area contributed by atoms with Crippen LogP contribution in [0.1, 0.15) is 35.9 Å². The Morgan fingerprint density at radius 2 is 2.00 bits per heavy atom. The number of nitrogens with zero attached hydrogens (tertiary/aromatic N) is 1. The predicted molar refractivity (Wildman–Crippen MR) is 96.2 cm³/mol. The number of carbonyl (C=O) groups excluding carboxylic acids is 1. The number of thiophene rings is 1. The summed E-state index contributed by atoms with van der Waals surface area (Å²) in [6.07, 6.45) is 1.26. The molecule has 142 valence electrons. The molecule has 5 N–H and O–H groups in total. The summed E-state index contributed by atoms with van der Waals surface area (Å²) in [5, 5.41) is 26.3. The maximum atomic E-state index is 12.6. The molecule has 3 atom stereocenters. The van der Waals surface area contributed by atoms with Crippen LogP contribution >= 0.6 is 11.3 Å². The molecule has 0 saturated heterocycles. The van der Waals surface area contributed by atoms with Gasteiger partial charge in [0.1, 0.15) is 0 Å². The highest BCUT2D eigenvalue weighted by Crippen LogP contribution is 2.26. The minimum atomic E-state index is -0.833. The van der Waals surface area contributed by atoms with Gasteiger partial charge in [0.25, 0.3) is 5.97 Å². The summed E-state index contributed by atoms with van der Waals surface area (Å²) < 4.78 is 0. The van der Waals surface area contributed by atoms with Crippen LogP contribution in [0.3, 0.4) is 0 Å². The summed E-state index contributed by atoms with van der Waals surface area (Å²) in [5.41, 5.74) is 5.87. The summed E-state index contributed by atoms with van der Waals surface area (Å²) in [6.45, 7) is 3.95. The van der Waals surface area contributed by atoms with Gasteiger partial charge < -0.3 is 26.0 Å². The van der Waals surface area contributed by atoms with Gasteiger partial charge in [0, 0.05) is 35.2 Å². The molecule has 1 saturated carbocycles. The molecule has 1 amide bonds. The lowest BCUT2D eigenvalue weighted by molar-refractivity contribution is -0.138. The fourth-order valence-electron chi connectivity index (χ4n) is 2.82. The Balaban J connectivity index is 0.000000705. The predicted octanol–water partition coefficient (Wildman–Crippen LogP) is 0.957. The molecule has 0 radical (unpaired) electrons. The third kappa shape index (κ3) is 7.52. The van der Waals surface area contributed by atoms with E-state index >= 15 is 0 Å². The Kier molecular flexibility index (Phi) is 9.05. The van der Waals surface area contributed by atoms with Crippen LogP contribution in [0.25, 0.3) is 0 Å². The van der Waals surface area contributed by atoms with Crippen molar-refractivity contribution in [2.45, 2.75) is 51.8 Å². The first-order valence-electron chi connectivity index (χ1n) is 8.32. The number of aryl methyl sites for hydroxylation is 1. The van der Waals surface area contributed by atoms with E-state index < -0.39 is 12.1 Å². The normalized spacial score (nSPS) is 22.7. The Bertz CT molecular complexity index is 559. The molecule has 8 heteroatoms. The average molecular weight is 372 g/mol. The van der Waals surface area contributed by atoms with E-state index in [-0.39, 0.29) is 24.5 Å². The van der Waals surface area contributed by atoms with Crippen molar-refractivity contribution in [1.29, 1.82) is 0 Å². The molecular weight excluding hydrogens is 344 g/mol. The van der Waals surface area contributed by atoms with E-state index in [2.05, 4.69) is 0 Å². The highest BCUT2D eigenvalue weighted by atomic mass is 32.1. The van der Waals surface area contributed by atoms with Crippen molar-refractivity contribution >= 4 is 23.2 Å². The summed E-state index contributed by atoms with van der Waals surface area (Å²) in [6, 6.07) is 3.73. The summed E-state index contributed by atoms with van der Waals surface area (Å²) in [5.74, 6) is -0.937. The van der Waals surface area contributed by atoms with E-state index in [0.717, 1.165) is 11.8 Å². The van der Waals surface area contributed by atoms with Gasteiger partial charge in [-0.05, 0) is 38.3 Å². The first kappa shape index (κ1) is 21.6. The Morgan fingerprint density at radius 1 is 1.36 bits per heavy atom. The monoisotopic (exact) mass is 372 g/mol. The zero-order valence-corrected chi connectivity index (χ0v) is 15.5. The van der Waals surface area contributed by atoms with Gasteiger partial charge in [-0.15, -0.1) is 11.3 Å². The van der Waals surface area contributed by atoms with Crippen molar-refractivity contribution in [3.05, 3.63) is 21.9 Å². The zero-order valence-electron chi connectivity index (χ0n) is 14.7. The molecule has 0 aromatic carbocycles. The molecule has 25 heavy (non-hydrogen) atoms. The molecule has 2 rings (SSSR count). The number of carbonyl (C=O) groups is 2. The number of hydrogen-bond acceptors (Lipinski definition) is 6. The SMILES string of the molecule is CC(=O)O.Cc1ccc(CN(CCO)C(=O)[C@H]2CC[C@@H](O)[C@H](N)C2)s1. The Labute approximate surface area is 152 Å². The smallest absolute Gasteiger partial charge is 0.300 e. The van der Waals surface area contributed by atoms with Gasteiger partial charge in [-0.2, -0.15) is 0 Å². The number of hydrogen-bond donors (Lipinski definition) is 4. The van der Waals surface area contributed by atoms with E-state index in [1.165, 1.54) is 4.88 Å². The second-order valence-electron chi connectivity index (χ2n) is 6.26. The molecule has 0 bridgehead atoms. The lowest BCUT2D eigenvalue weighted by Crippen LogP contribution is -2.46. The lowest BCUT2D eigenvalue weighted by atomic mass is 9.83. The van der Waals surface area contributed by atoms with E-state index in [1.54, 1.807) is 16.2 Å². The van der Waals surface area contributed by atoms with Gasteiger partial charge >= 0.3 is 0 Å². The third-order valence-electron chi connectivity index (χ3n) is 4.04. The molecule has 1 aliphatic rings. The minimum absolute atomic E-state index is 0.0393. The molecule has 7 nitrogen and oxygen atoms in total. The molecule has 0 spiro atoms. The maximum Gasteiger partial charge on any atom is 0.300 e. The fourth-order valence-corrected chi connectivity index (χ4v) is 3.72. The van der Waals surface area contributed by atoms with E-state index in [9.17, 15) is 15.0 Å². The van der Waals surface area contributed by atoms with Crippen LogP contribution in [-0.4, -0.2) is 57.4 Å². The number of amides is 1. The average Bonchev–Trinajstić information content (AvgIpc) is 2.93. The maximum absolute atomic E-state index is 12.6. The van der Waals surface area contributed by atoms with Crippen LogP contribution in [-0.2, 0) is 16.1 Å². The van der Waals surface area contributed by atoms with Crippen molar-refractivity contribution in [2.24, 2.45) is 11.7 Å². The van der Waals surface area contributed by atoms with Crippen LogP contribution in [0, 0.1) is 12.8 Å². The summed E-state index contributed by atoms with van der Waals surface area (Å²) in [7, 11) is 0. The van der Waals surface area contributed by atoms with Gasteiger partial charge in [0.05, 0.1) is 19.3 Å². The molecule has 1 aliphatic carbocycles. The van der Waals surface area contributed by atoms with Gasteiger partial charge in [-0.1, -0.05) is 0 Å². The molecule has 1 aromatic heterocycles. The lowest BCUT2D eigenvalue weighted by Gasteiger charge is -2.33. The van der Waals surface area contributed by atoms with Crippen molar-refractivity contribution in [1.82, 2.24) is 4.90 Å². The van der Waals surface area contributed by atoms with Crippen molar-refractivity contribution in [3.63, 3.8) is 0 Å². The first-order chi connectivity index (χ1) is 11.7. The highest BCUT2D eigenvalue weighted by Gasteiger charge is 2.33. The van der Waals surface area contributed by atoms with Crippen LogP contribution in [0.15, 0.2) is 12.1 Å².